The van der Waals surface area contributed by atoms with Crippen molar-refractivity contribution in [2.75, 3.05) is 11.9 Å². The predicted molar refractivity (Wildman–Crippen MR) is 106 cm³/mol. The summed E-state index contributed by atoms with van der Waals surface area (Å²) in [6.45, 7) is 0.623. The lowest BCUT2D eigenvalue weighted by Gasteiger charge is -2.23. The van der Waals surface area contributed by atoms with Gasteiger partial charge in [0.15, 0.2) is 6.29 Å². The zero-order chi connectivity index (χ0) is 21.5. The van der Waals surface area contributed by atoms with Gasteiger partial charge in [-0.3, -0.25) is 15.4 Å². The van der Waals surface area contributed by atoms with E-state index < -0.39 is 28.8 Å². The number of hydrogen-bond acceptors (Lipinski definition) is 5. The summed E-state index contributed by atoms with van der Waals surface area (Å²) >= 11 is 0. The highest BCUT2D eigenvalue weighted by molar-refractivity contribution is 5.87. The molecule has 156 valence electrons. The second-order valence-electron chi connectivity index (χ2n) is 6.58. The van der Waals surface area contributed by atoms with E-state index in [0.717, 1.165) is 19.3 Å². The number of ether oxygens (including phenoxy) is 2. The molecule has 8 nitrogen and oxygen atoms in total. The highest BCUT2D eigenvalue weighted by atomic mass is 19.1. The van der Waals surface area contributed by atoms with Gasteiger partial charge in [-0.1, -0.05) is 11.8 Å². The maximum atomic E-state index is 13.1. The average molecular weight is 414 g/mol. The van der Waals surface area contributed by atoms with Crippen molar-refractivity contribution < 1.29 is 28.7 Å². The van der Waals surface area contributed by atoms with Crippen LogP contribution in [0.2, 0.25) is 0 Å². The van der Waals surface area contributed by atoms with E-state index in [1.54, 1.807) is 0 Å². The first-order valence-electron chi connectivity index (χ1n) is 9.24. The number of rotatable bonds is 5. The number of anilines is 1. The van der Waals surface area contributed by atoms with Gasteiger partial charge in [0.25, 0.3) is 5.69 Å². The van der Waals surface area contributed by atoms with Crippen LogP contribution >= 0.6 is 0 Å². The Morgan fingerprint density at radius 3 is 2.70 bits per heavy atom. The third kappa shape index (κ3) is 5.76. The second kappa shape index (κ2) is 9.82. The van der Waals surface area contributed by atoms with E-state index in [2.05, 4.69) is 11.8 Å². The van der Waals surface area contributed by atoms with E-state index in [0.29, 0.717) is 23.3 Å². The molecule has 2 aromatic rings. The van der Waals surface area contributed by atoms with Crippen LogP contribution in [-0.4, -0.2) is 29.0 Å². The Balaban J connectivity index is 1.95. The molecule has 1 unspecified atom stereocenters. The van der Waals surface area contributed by atoms with Crippen molar-refractivity contribution in [3.05, 3.63) is 69.0 Å². The van der Waals surface area contributed by atoms with E-state index in [1.165, 1.54) is 36.4 Å². The van der Waals surface area contributed by atoms with Gasteiger partial charge in [0, 0.05) is 23.8 Å². The average Bonchev–Trinajstić information content (AvgIpc) is 2.72. The van der Waals surface area contributed by atoms with Crippen molar-refractivity contribution in [1.82, 2.24) is 0 Å². The minimum atomic E-state index is -1.43. The topological polar surface area (TPSA) is 111 Å². The minimum Gasteiger partial charge on any atom is -0.465 e. The number of nitro benzene ring substituents is 1. The summed E-state index contributed by atoms with van der Waals surface area (Å²) in [6, 6.07) is 8.03. The third-order valence-corrected chi connectivity index (χ3v) is 4.41. The molecule has 1 amide bonds. The van der Waals surface area contributed by atoms with Crippen molar-refractivity contribution in [2.24, 2.45) is 0 Å². The van der Waals surface area contributed by atoms with Gasteiger partial charge in [-0.15, -0.1) is 0 Å². The van der Waals surface area contributed by atoms with Gasteiger partial charge in [-0.25, -0.2) is 9.18 Å². The number of benzene rings is 2. The van der Waals surface area contributed by atoms with Crippen LogP contribution in [0.4, 0.5) is 20.6 Å². The Kier molecular flexibility index (Phi) is 6.95. The first-order valence-corrected chi connectivity index (χ1v) is 9.24. The molecule has 0 saturated carbocycles. The van der Waals surface area contributed by atoms with Crippen molar-refractivity contribution >= 4 is 17.5 Å². The SMILES string of the molecule is O=C(O)Nc1cc(COC2CCCCO2)c(C#Cc2ccc(F)cc2)cc1[N+](=O)[O-]. The number of carboxylic acid groups (broad SMARTS) is 1. The summed E-state index contributed by atoms with van der Waals surface area (Å²) in [7, 11) is 0. The molecular formula is C21H19FN2O6. The van der Waals surface area contributed by atoms with Gasteiger partial charge in [0.2, 0.25) is 0 Å². The summed E-state index contributed by atoms with van der Waals surface area (Å²) in [6.07, 6.45) is 0.824. The number of nitrogens with zero attached hydrogens (tertiary/aromatic N) is 1. The first kappa shape index (κ1) is 21.2. The largest absolute Gasteiger partial charge is 0.465 e. The van der Waals surface area contributed by atoms with E-state index in [4.69, 9.17) is 14.6 Å². The molecule has 2 aromatic carbocycles. The number of carbonyl (C=O) groups is 1. The lowest BCUT2D eigenvalue weighted by Crippen LogP contribution is -2.22. The van der Waals surface area contributed by atoms with Gasteiger partial charge < -0.3 is 14.6 Å². The van der Waals surface area contributed by atoms with Crippen molar-refractivity contribution in [3.63, 3.8) is 0 Å². The van der Waals surface area contributed by atoms with Gasteiger partial charge in [-0.2, -0.15) is 0 Å². The molecule has 0 radical (unpaired) electrons. The van der Waals surface area contributed by atoms with E-state index >= 15 is 0 Å². The fraction of sp³-hybridized carbons (Fsp3) is 0.286. The first-order chi connectivity index (χ1) is 14.4. The quantitative estimate of drug-likeness (QED) is 0.429. The zero-order valence-electron chi connectivity index (χ0n) is 15.9. The van der Waals surface area contributed by atoms with Crippen molar-refractivity contribution in [2.45, 2.75) is 32.2 Å². The normalized spacial score (nSPS) is 15.7. The Morgan fingerprint density at radius 1 is 1.30 bits per heavy atom. The number of nitro groups is 1. The lowest BCUT2D eigenvalue weighted by atomic mass is 10.0. The maximum absolute atomic E-state index is 13.1. The van der Waals surface area contributed by atoms with E-state index in [9.17, 15) is 19.3 Å². The van der Waals surface area contributed by atoms with Crippen LogP contribution in [0.3, 0.4) is 0 Å². The molecule has 3 rings (SSSR count). The molecule has 1 aliphatic rings. The predicted octanol–water partition coefficient (Wildman–Crippen LogP) is 4.27. The Bertz CT molecular complexity index is 991. The van der Waals surface area contributed by atoms with Crippen molar-refractivity contribution in [3.8, 4) is 11.8 Å². The monoisotopic (exact) mass is 414 g/mol. The Hall–Kier alpha value is -3.48. The molecule has 1 aliphatic heterocycles. The van der Waals surface area contributed by atoms with Crippen LogP contribution in [0.1, 0.15) is 36.0 Å². The van der Waals surface area contributed by atoms with Gasteiger partial charge in [-0.05, 0) is 55.2 Å². The van der Waals surface area contributed by atoms with Crippen LogP contribution in [0.5, 0.6) is 0 Å². The molecule has 1 saturated heterocycles. The standard InChI is InChI=1S/C21H19FN2O6/c22-17-8-5-14(6-9-17)4-7-15-12-19(24(27)28)18(23-21(25)26)11-16(15)13-30-20-3-1-2-10-29-20/h5-6,8-9,11-12,20,23H,1-3,10,13H2,(H,25,26). The molecule has 0 bridgehead atoms. The summed E-state index contributed by atoms with van der Waals surface area (Å²) < 4.78 is 24.4. The summed E-state index contributed by atoms with van der Waals surface area (Å²) in [5.41, 5.74) is 0.682. The number of amides is 1. The maximum Gasteiger partial charge on any atom is 0.409 e. The second-order valence-corrected chi connectivity index (χ2v) is 6.58. The molecule has 1 fully saturated rings. The summed E-state index contributed by atoms with van der Waals surface area (Å²) in [5, 5.41) is 22.5. The molecular weight excluding hydrogens is 395 g/mol. The van der Waals surface area contributed by atoms with Crippen LogP contribution in [0.25, 0.3) is 0 Å². The Morgan fingerprint density at radius 2 is 2.07 bits per heavy atom. The van der Waals surface area contributed by atoms with Crippen LogP contribution in [-0.2, 0) is 16.1 Å². The molecule has 0 aliphatic carbocycles. The molecule has 2 N–H and O–H groups in total. The third-order valence-electron chi connectivity index (χ3n) is 4.41. The zero-order valence-corrected chi connectivity index (χ0v) is 15.9. The van der Waals surface area contributed by atoms with Crippen LogP contribution in [0, 0.1) is 27.8 Å². The summed E-state index contributed by atoms with van der Waals surface area (Å²) in [5.74, 6) is 5.27. The number of nitrogens with one attached hydrogen (secondary N) is 1. The number of hydrogen-bond donors (Lipinski definition) is 2. The van der Waals surface area contributed by atoms with Gasteiger partial charge in [0.05, 0.1) is 11.5 Å². The van der Waals surface area contributed by atoms with E-state index in [-0.39, 0.29) is 12.3 Å². The number of halogens is 1. The van der Waals surface area contributed by atoms with Crippen molar-refractivity contribution in [1.29, 1.82) is 0 Å². The smallest absolute Gasteiger partial charge is 0.409 e. The summed E-state index contributed by atoms with van der Waals surface area (Å²) in [4.78, 5) is 21.8. The van der Waals surface area contributed by atoms with E-state index in [1.807, 2.05) is 5.32 Å². The lowest BCUT2D eigenvalue weighted by molar-refractivity contribution is -0.384. The molecule has 30 heavy (non-hydrogen) atoms. The van der Waals surface area contributed by atoms with Crippen LogP contribution < -0.4 is 5.32 Å². The van der Waals surface area contributed by atoms with Gasteiger partial charge >= 0.3 is 6.09 Å². The molecule has 1 atom stereocenters. The highest BCUT2D eigenvalue weighted by Crippen LogP contribution is 2.29. The fourth-order valence-corrected chi connectivity index (χ4v) is 2.93. The molecule has 0 spiro atoms. The molecule has 1 heterocycles. The van der Waals surface area contributed by atoms with Crippen LogP contribution in [0.15, 0.2) is 36.4 Å². The van der Waals surface area contributed by atoms with Gasteiger partial charge in [0.1, 0.15) is 11.5 Å². The highest BCUT2D eigenvalue weighted by Gasteiger charge is 2.21. The molecule has 9 heteroatoms. The minimum absolute atomic E-state index is 0.0321. The molecule has 0 aromatic heterocycles. The fourth-order valence-electron chi connectivity index (χ4n) is 2.93. The Labute approximate surface area is 171 Å².